The summed E-state index contributed by atoms with van der Waals surface area (Å²) >= 11 is 2.08. The van der Waals surface area contributed by atoms with Crippen molar-refractivity contribution in [2.45, 2.75) is 38.6 Å². The van der Waals surface area contributed by atoms with Gasteiger partial charge in [-0.3, -0.25) is 9.67 Å². The molecule has 0 bridgehead atoms. The normalized spacial score (nSPS) is 22.9. The Kier molecular flexibility index (Phi) is 6.90. The molecule has 6 nitrogen and oxygen atoms in total. The topological polar surface area (TPSA) is 57.5 Å². The Hall–Kier alpha value is -1.37. The molecule has 1 atom stereocenters. The number of hydrogen-bond donors (Lipinski definition) is 2. The molecule has 3 rings (SSSR count). The minimum Gasteiger partial charge on any atom is -0.367 e. The average molecular weight is 365 g/mol. The van der Waals surface area contributed by atoms with E-state index in [2.05, 4.69) is 45.5 Å². The van der Waals surface area contributed by atoms with Gasteiger partial charge in [-0.15, -0.1) is 0 Å². The summed E-state index contributed by atoms with van der Waals surface area (Å²) < 4.78 is 1.88. The van der Waals surface area contributed by atoms with Crippen LogP contribution in [-0.2, 0) is 7.05 Å². The van der Waals surface area contributed by atoms with Gasteiger partial charge in [-0.25, -0.2) is 0 Å². The SMILES string of the molecule is CCNC(=NCC1CCSCC1)NC1CCCN(c2cnn(C)c2)C1. The molecule has 2 N–H and O–H groups in total. The number of piperidine rings is 1. The second kappa shape index (κ2) is 9.36. The fraction of sp³-hybridized carbons (Fsp3) is 0.778. The summed E-state index contributed by atoms with van der Waals surface area (Å²) in [4.78, 5) is 7.31. The lowest BCUT2D eigenvalue weighted by Gasteiger charge is -2.34. The number of aliphatic imine (C=N–C) groups is 1. The molecule has 0 aromatic carbocycles. The van der Waals surface area contributed by atoms with Crippen molar-refractivity contribution in [2.75, 3.05) is 42.6 Å². The lowest BCUT2D eigenvalue weighted by molar-refractivity contribution is 0.464. The predicted octanol–water partition coefficient (Wildman–Crippen LogP) is 2.09. The molecule has 7 heteroatoms. The number of nitrogens with one attached hydrogen (secondary N) is 2. The van der Waals surface area contributed by atoms with Crippen LogP contribution in [0.2, 0.25) is 0 Å². The Balaban J connectivity index is 1.55. The van der Waals surface area contributed by atoms with E-state index in [1.165, 1.54) is 42.9 Å². The third kappa shape index (κ3) is 5.56. The summed E-state index contributed by atoms with van der Waals surface area (Å²) in [5.41, 5.74) is 1.22. The smallest absolute Gasteiger partial charge is 0.191 e. The van der Waals surface area contributed by atoms with Gasteiger partial charge in [0, 0.05) is 45.5 Å². The molecular weight excluding hydrogens is 332 g/mol. The van der Waals surface area contributed by atoms with Crippen LogP contribution in [0, 0.1) is 5.92 Å². The van der Waals surface area contributed by atoms with Gasteiger partial charge in [0.1, 0.15) is 0 Å². The van der Waals surface area contributed by atoms with Crippen LogP contribution in [0.3, 0.4) is 0 Å². The highest BCUT2D eigenvalue weighted by Crippen LogP contribution is 2.23. The Bertz CT molecular complexity index is 552. The molecule has 2 fully saturated rings. The Morgan fingerprint density at radius 1 is 1.36 bits per heavy atom. The number of guanidine groups is 1. The Morgan fingerprint density at radius 2 is 2.20 bits per heavy atom. The molecule has 0 radical (unpaired) electrons. The van der Waals surface area contributed by atoms with Crippen LogP contribution in [0.25, 0.3) is 0 Å². The van der Waals surface area contributed by atoms with Crippen LogP contribution < -0.4 is 15.5 Å². The summed E-state index contributed by atoms with van der Waals surface area (Å²) in [6.45, 7) is 6.12. The van der Waals surface area contributed by atoms with Gasteiger partial charge in [0.2, 0.25) is 0 Å². The lowest BCUT2D eigenvalue weighted by Crippen LogP contribution is -2.51. The van der Waals surface area contributed by atoms with Crippen molar-refractivity contribution in [3.8, 4) is 0 Å². The van der Waals surface area contributed by atoms with Gasteiger partial charge in [0.25, 0.3) is 0 Å². The van der Waals surface area contributed by atoms with E-state index < -0.39 is 0 Å². The maximum Gasteiger partial charge on any atom is 0.191 e. The first-order valence-electron chi connectivity index (χ1n) is 9.60. The number of thioether (sulfide) groups is 1. The van der Waals surface area contributed by atoms with E-state index in [4.69, 9.17) is 4.99 Å². The van der Waals surface area contributed by atoms with Gasteiger partial charge in [-0.1, -0.05) is 0 Å². The third-order valence-electron chi connectivity index (χ3n) is 5.01. The first-order chi connectivity index (χ1) is 12.2. The predicted molar refractivity (Wildman–Crippen MR) is 108 cm³/mol. The van der Waals surface area contributed by atoms with Gasteiger partial charge in [0.15, 0.2) is 5.96 Å². The van der Waals surface area contributed by atoms with E-state index in [0.29, 0.717) is 6.04 Å². The Labute approximate surface area is 155 Å². The van der Waals surface area contributed by atoms with Gasteiger partial charge in [0.05, 0.1) is 11.9 Å². The van der Waals surface area contributed by atoms with Crippen molar-refractivity contribution in [1.29, 1.82) is 0 Å². The molecule has 2 saturated heterocycles. The minimum absolute atomic E-state index is 0.439. The van der Waals surface area contributed by atoms with Gasteiger partial charge < -0.3 is 15.5 Å². The number of hydrogen-bond acceptors (Lipinski definition) is 4. The zero-order valence-corrected chi connectivity index (χ0v) is 16.4. The van der Waals surface area contributed by atoms with Crippen molar-refractivity contribution in [2.24, 2.45) is 18.0 Å². The summed E-state index contributed by atoms with van der Waals surface area (Å²) in [7, 11) is 1.98. The van der Waals surface area contributed by atoms with Gasteiger partial charge in [-0.2, -0.15) is 16.9 Å². The highest BCUT2D eigenvalue weighted by Gasteiger charge is 2.22. The standard InChI is InChI=1S/C18H32N6S/c1-3-19-18(20-11-15-6-9-25-10-7-15)22-16-5-4-8-24(13-16)17-12-21-23(2)14-17/h12,14-16H,3-11,13H2,1-2H3,(H2,19,20,22). The zero-order chi connectivity index (χ0) is 17.5. The van der Waals surface area contributed by atoms with Crippen molar-refractivity contribution in [3.05, 3.63) is 12.4 Å². The van der Waals surface area contributed by atoms with Crippen LogP contribution >= 0.6 is 11.8 Å². The second-order valence-electron chi connectivity index (χ2n) is 7.08. The van der Waals surface area contributed by atoms with E-state index in [1.807, 2.05) is 17.9 Å². The molecule has 2 aliphatic heterocycles. The molecule has 3 heterocycles. The number of nitrogens with zero attached hydrogens (tertiary/aromatic N) is 4. The maximum atomic E-state index is 4.88. The number of aryl methyl sites for hydroxylation is 1. The van der Waals surface area contributed by atoms with E-state index in [1.54, 1.807) is 0 Å². The van der Waals surface area contributed by atoms with Crippen LogP contribution in [0.15, 0.2) is 17.4 Å². The molecule has 0 amide bonds. The fourth-order valence-corrected chi connectivity index (χ4v) is 4.77. The maximum absolute atomic E-state index is 4.88. The average Bonchev–Trinajstić information content (AvgIpc) is 3.08. The second-order valence-corrected chi connectivity index (χ2v) is 8.30. The van der Waals surface area contributed by atoms with Crippen molar-refractivity contribution in [1.82, 2.24) is 20.4 Å². The van der Waals surface area contributed by atoms with E-state index in [-0.39, 0.29) is 0 Å². The molecule has 140 valence electrons. The molecular formula is C18H32N6S. The molecule has 1 aromatic rings. The number of anilines is 1. The van der Waals surface area contributed by atoms with Crippen LogP contribution in [-0.4, -0.2) is 59.5 Å². The summed E-state index contributed by atoms with van der Waals surface area (Å²) in [6.07, 6.45) is 9.08. The highest BCUT2D eigenvalue weighted by atomic mass is 32.2. The number of rotatable bonds is 5. The van der Waals surface area contributed by atoms with Gasteiger partial charge in [-0.05, 0) is 50.0 Å². The van der Waals surface area contributed by atoms with Crippen molar-refractivity contribution in [3.63, 3.8) is 0 Å². The van der Waals surface area contributed by atoms with Crippen LogP contribution in [0.1, 0.15) is 32.6 Å². The fourth-order valence-electron chi connectivity index (χ4n) is 3.56. The van der Waals surface area contributed by atoms with Gasteiger partial charge >= 0.3 is 0 Å². The molecule has 1 aromatic heterocycles. The third-order valence-corrected chi connectivity index (χ3v) is 6.06. The molecule has 0 spiro atoms. The first-order valence-corrected chi connectivity index (χ1v) is 10.8. The van der Waals surface area contributed by atoms with E-state index >= 15 is 0 Å². The quantitative estimate of drug-likeness (QED) is 0.619. The Morgan fingerprint density at radius 3 is 2.92 bits per heavy atom. The molecule has 0 aliphatic carbocycles. The molecule has 25 heavy (non-hydrogen) atoms. The van der Waals surface area contributed by atoms with Crippen molar-refractivity contribution >= 4 is 23.4 Å². The minimum atomic E-state index is 0.439. The largest absolute Gasteiger partial charge is 0.367 e. The number of aromatic nitrogens is 2. The van der Waals surface area contributed by atoms with Crippen LogP contribution in [0.5, 0.6) is 0 Å². The van der Waals surface area contributed by atoms with E-state index in [0.717, 1.165) is 38.1 Å². The first kappa shape index (κ1) is 18.4. The molecule has 1 unspecified atom stereocenters. The molecule has 0 saturated carbocycles. The highest BCUT2D eigenvalue weighted by molar-refractivity contribution is 7.99. The zero-order valence-electron chi connectivity index (χ0n) is 15.6. The molecule has 2 aliphatic rings. The summed E-state index contributed by atoms with van der Waals surface area (Å²) in [5.74, 6) is 4.34. The summed E-state index contributed by atoms with van der Waals surface area (Å²) in [5, 5.41) is 11.4. The lowest BCUT2D eigenvalue weighted by atomic mass is 10.0. The van der Waals surface area contributed by atoms with E-state index in [9.17, 15) is 0 Å². The monoisotopic (exact) mass is 364 g/mol. The summed E-state index contributed by atoms with van der Waals surface area (Å²) in [6, 6.07) is 0.439. The van der Waals surface area contributed by atoms with Crippen molar-refractivity contribution < 1.29 is 0 Å². The van der Waals surface area contributed by atoms with Crippen LogP contribution in [0.4, 0.5) is 5.69 Å².